The normalized spacial score (nSPS) is 12.1. The molecule has 2 aromatic carbocycles. The minimum Gasteiger partial charge on any atom is -0.497 e. The monoisotopic (exact) mass is 343 g/mol. The van der Waals surface area contributed by atoms with Crippen molar-refractivity contribution in [1.29, 1.82) is 0 Å². The number of aromatic nitrogens is 1. The third kappa shape index (κ3) is 4.16. The Hall–Kier alpha value is -2.30. The van der Waals surface area contributed by atoms with Gasteiger partial charge in [0.15, 0.2) is 12.3 Å². The molecule has 3 rings (SSSR count). The summed E-state index contributed by atoms with van der Waals surface area (Å²) in [6, 6.07) is 15.7. The number of quaternary nitrogens is 1. The van der Waals surface area contributed by atoms with Crippen LogP contribution in [0.25, 0.3) is 11.3 Å². The fourth-order valence-electron chi connectivity index (χ4n) is 2.55. The van der Waals surface area contributed by atoms with Gasteiger partial charge in [0, 0.05) is 16.1 Å². The van der Waals surface area contributed by atoms with E-state index in [9.17, 15) is 0 Å². The van der Waals surface area contributed by atoms with Crippen LogP contribution in [0.3, 0.4) is 0 Å². The summed E-state index contributed by atoms with van der Waals surface area (Å²) in [6.07, 6.45) is 1.76. The molecule has 124 valence electrons. The van der Waals surface area contributed by atoms with Crippen LogP contribution in [0.2, 0.25) is 5.02 Å². The quantitative estimate of drug-likeness (QED) is 0.747. The number of nitrogens with one attached hydrogen (secondary N) is 1. The van der Waals surface area contributed by atoms with Crippen molar-refractivity contribution in [3.8, 4) is 17.1 Å². The van der Waals surface area contributed by atoms with E-state index in [1.54, 1.807) is 13.3 Å². The van der Waals surface area contributed by atoms with Crippen LogP contribution in [0, 0.1) is 0 Å². The SMILES string of the molecule is COc1ccc(C[NH+](C)Cc2ncc(-c3ccc(Cl)cc3)o2)cc1. The zero-order valence-electron chi connectivity index (χ0n) is 13.8. The molecule has 5 heteroatoms. The molecule has 0 aliphatic rings. The molecule has 1 N–H and O–H groups in total. The molecule has 3 aromatic rings. The maximum Gasteiger partial charge on any atom is 0.250 e. The molecule has 0 spiro atoms. The molecule has 0 aliphatic carbocycles. The van der Waals surface area contributed by atoms with E-state index >= 15 is 0 Å². The highest BCUT2D eigenvalue weighted by Crippen LogP contribution is 2.22. The maximum atomic E-state index is 5.91. The minimum absolute atomic E-state index is 0.710. The third-order valence-electron chi connectivity index (χ3n) is 3.80. The summed E-state index contributed by atoms with van der Waals surface area (Å²) in [6.45, 7) is 1.61. The molecule has 0 radical (unpaired) electrons. The lowest BCUT2D eigenvalue weighted by Gasteiger charge is -2.12. The second kappa shape index (κ2) is 7.51. The molecule has 24 heavy (non-hydrogen) atoms. The van der Waals surface area contributed by atoms with Crippen LogP contribution >= 0.6 is 11.6 Å². The molecule has 0 amide bonds. The molecule has 1 heterocycles. The van der Waals surface area contributed by atoms with Gasteiger partial charge in [-0.2, -0.15) is 0 Å². The van der Waals surface area contributed by atoms with Crippen molar-refractivity contribution in [3.05, 3.63) is 71.2 Å². The largest absolute Gasteiger partial charge is 0.497 e. The van der Waals surface area contributed by atoms with Crippen LogP contribution in [0.15, 0.2) is 59.1 Å². The first kappa shape index (κ1) is 16.6. The average molecular weight is 344 g/mol. The summed E-state index contributed by atoms with van der Waals surface area (Å²) in [5.41, 5.74) is 2.23. The first-order valence-electron chi connectivity index (χ1n) is 7.79. The molecule has 1 atom stereocenters. The number of halogens is 1. The van der Waals surface area contributed by atoms with E-state index in [-0.39, 0.29) is 0 Å². The number of hydrogen-bond acceptors (Lipinski definition) is 3. The number of hydrogen-bond donors (Lipinski definition) is 1. The van der Waals surface area contributed by atoms with E-state index in [1.807, 2.05) is 36.4 Å². The van der Waals surface area contributed by atoms with Gasteiger partial charge in [-0.15, -0.1) is 0 Å². The number of rotatable bonds is 6. The van der Waals surface area contributed by atoms with Gasteiger partial charge in [-0.1, -0.05) is 11.6 Å². The van der Waals surface area contributed by atoms with Gasteiger partial charge in [0.25, 0.3) is 5.89 Å². The van der Waals surface area contributed by atoms with Gasteiger partial charge in [0.05, 0.1) is 20.4 Å². The lowest BCUT2D eigenvalue weighted by atomic mass is 10.2. The molecule has 1 aromatic heterocycles. The second-order valence-corrected chi connectivity index (χ2v) is 6.22. The van der Waals surface area contributed by atoms with Crippen molar-refractivity contribution < 1.29 is 14.1 Å². The average Bonchev–Trinajstić information content (AvgIpc) is 3.04. The standard InChI is InChI=1S/C19H19ClN2O2/c1-22(12-14-3-9-17(23-2)10-4-14)13-19-21-11-18(24-19)15-5-7-16(20)8-6-15/h3-11H,12-13H2,1-2H3/p+1. The first-order valence-corrected chi connectivity index (χ1v) is 8.16. The Morgan fingerprint density at radius 1 is 1.04 bits per heavy atom. The fourth-order valence-corrected chi connectivity index (χ4v) is 2.68. The highest BCUT2D eigenvalue weighted by molar-refractivity contribution is 6.30. The van der Waals surface area contributed by atoms with Gasteiger partial charge in [0.1, 0.15) is 12.3 Å². The maximum absolute atomic E-state index is 5.91. The summed E-state index contributed by atoms with van der Waals surface area (Å²) in [5.74, 6) is 2.36. The highest BCUT2D eigenvalue weighted by atomic mass is 35.5. The number of oxazole rings is 1. The van der Waals surface area contributed by atoms with Crippen molar-refractivity contribution in [2.24, 2.45) is 0 Å². The summed E-state index contributed by atoms with van der Waals surface area (Å²) >= 11 is 5.91. The van der Waals surface area contributed by atoms with Crippen molar-refractivity contribution in [3.63, 3.8) is 0 Å². The van der Waals surface area contributed by atoms with Gasteiger partial charge < -0.3 is 14.1 Å². The number of methoxy groups -OCH3 is 1. The summed E-state index contributed by atoms with van der Waals surface area (Å²) in [5, 5.41) is 0.710. The Balaban J connectivity index is 1.62. The minimum atomic E-state index is 0.710. The predicted octanol–water partition coefficient (Wildman–Crippen LogP) is 3.22. The number of benzene rings is 2. The molecular weight excluding hydrogens is 324 g/mol. The lowest BCUT2D eigenvalue weighted by molar-refractivity contribution is -0.909. The topological polar surface area (TPSA) is 39.7 Å². The summed E-state index contributed by atoms with van der Waals surface area (Å²) in [4.78, 5) is 5.68. The van der Waals surface area contributed by atoms with Gasteiger partial charge >= 0.3 is 0 Å². The van der Waals surface area contributed by atoms with Gasteiger partial charge in [0.2, 0.25) is 0 Å². The highest BCUT2D eigenvalue weighted by Gasteiger charge is 2.12. The van der Waals surface area contributed by atoms with Crippen LogP contribution in [-0.4, -0.2) is 19.1 Å². The molecule has 0 saturated heterocycles. The van der Waals surface area contributed by atoms with E-state index in [0.29, 0.717) is 5.02 Å². The van der Waals surface area contributed by atoms with Crippen LogP contribution in [-0.2, 0) is 13.1 Å². The Morgan fingerprint density at radius 2 is 1.75 bits per heavy atom. The molecule has 0 bridgehead atoms. The zero-order chi connectivity index (χ0) is 16.9. The van der Waals surface area contributed by atoms with Gasteiger partial charge in [-0.25, -0.2) is 4.98 Å². The van der Waals surface area contributed by atoms with Crippen LogP contribution in [0.4, 0.5) is 0 Å². The smallest absolute Gasteiger partial charge is 0.250 e. The molecule has 0 fully saturated rings. The van der Waals surface area contributed by atoms with Crippen LogP contribution in [0.5, 0.6) is 5.75 Å². The Morgan fingerprint density at radius 3 is 2.42 bits per heavy atom. The van der Waals surface area contributed by atoms with Gasteiger partial charge in [-0.05, 0) is 48.5 Å². The molecule has 1 unspecified atom stereocenters. The first-order chi connectivity index (χ1) is 11.6. The van der Waals surface area contributed by atoms with E-state index in [2.05, 4.69) is 24.2 Å². The van der Waals surface area contributed by atoms with Crippen molar-refractivity contribution in [2.75, 3.05) is 14.2 Å². The lowest BCUT2D eigenvalue weighted by Crippen LogP contribution is -3.06. The number of ether oxygens (including phenoxy) is 1. The summed E-state index contributed by atoms with van der Waals surface area (Å²) in [7, 11) is 3.80. The Labute approximate surface area is 146 Å². The van der Waals surface area contributed by atoms with Gasteiger partial charge in [-0.3, -0.25) is 0 Å². The molecule has 0 saturated carbocycles. The van der Waals surface area contributed by atoms with Crippen molar-refractivity contribution in [1.82, 2.24) is 4.98 Å². The molecule has 0 aliphatic heterocycles. The van der Waals surface area contributed by atoms with Crippen molar-refractivity contribution >= 4 is 11.6 Å². The van der Waals surface area contributed by atoms with E-state index in [4.69, 9.17) is 20.8 Å². The molecule has 4 nitrogen and oxygen atoms in total. The van der Waals surface area contributed by atoms with E-state index < -0.39 is 0 Å². The zero-order valence-corrected chi connectivity index (χ0v) is 14.5. The fraction of sp³-hybridized carbons (Fsp3) is 0.211. The van der Waals surface area contributed by atoms with E-state index in [1.165, 1.54) is 10.5 Å². The Bertz CT molecular complexity index is 782. The number of nitrogens with zero attached hydrogens (tertiary/aromatic N) is 1. The van der Waals surface area contributed by atoms with E-state index in [0.717, 1.165) is 36.1 Å². The predicted molar refractivity (Wildman–Crippen MR) is 94.2 cm³/mol. The van der Waals surface area contributed by atoms with Crippen molar-refractivity contribution in [2.45, 2.75) is 13.1 Å². The molecular formula is C19H20ClN2O2+. The summed E-state index contributed by atoms with van der Waals surface area (Å²) < 4.78 is 11.0. The third-order valence-corrected chi connectivity index (χ3v) is 4.05. The van der Waals surface area contributed by atoms with Crippen LogP contribution < -0.4 is 9.64 Å². The van der Waals surface area contributed by atoms with Crippen LogP contribution in [0.1, 0.15) is 11.5 Å². The second-order valence-electron chi connectivity index (χ2n) is 5.78. The Kier molecular flexibility index (Phi) is 5.18.